The van der Waals surface area contributed by atoms with E-state index in [-0.39, 0.29) is 5.78 Å². The zero-order valence-electron chi connectivity index (χ0n) is 9.97. The largest absolute Gasteiger partial charge is 0.494 e. The number of carbonyl (C=O) groups is 1. The zero-order valence-corrected chi connectivity index (χ0v) is 9.97. The van der Waals surface area contributed by atoms with E-state index in [0.717, 1.165) is 0 Å². The van der Waals surface area contributed by atoms with Gasteiger partial charge in [-0.1, -0.05) is 0 Å². The normalized spacial score (nSPS) is 10.3. The zero-order chi connectivity index (χ0) is 12.4. The van der Waals surface area contributed by atoms with Gasteiger partial charge in [-0.05, 0) is 19.1 Å². The van der Waals surface area contributed by atoms with Crippen molar-refractivity contribution in [1.29, 1.82) is 0 Å². The number of ether oxygens (including phenoxy) is 1. The fourth-order valence-corrected chi connectivity index (χ4v) is 1.68. The molecule has 0 spiro atoms. The van der Waals surface area contributed by atoms with Crippen LogP contribution in [0.5, 0.6) is 5.75 Å². The molecule has 0 aliphatic carbocycles. The molecular formula is C12H13N3O2. The number of pyridine rings is 1. The van der Waals surface area contributed by atoms with Crippen molar-refractivity contribution >= 4 is 5.78 Å². The van der Waals surface area contributed by atoms with Crippen LogP contribution in [0.15, 0.2) is 24.5 Å². The van der Waals surface area contributed by atoms with Gasteiger partial charge in [-0.15, -0.1) is 0 Å². The number of aromatic nitrogens is 3. The maximum Gasteiger partial charge on any atom is 0.218 e. The lowest BCUT2D eigenvalue weighted by molar-refractivity contribution is 0.103. The molecule has 0 saturated carbocycles. The van der Waals surface area contributed by atoms with E-state index >= 15 is 0 Å². The lowest BCUT2D eigenvalue weighted by atomic mass is 10.1. The van der Waals surface area contributed by atoms with Crippen LogP contribution in [0.1, 0.15) is 21.7 Å². The quantitative estimate of drug-likeness (QED) is 0.748. The summed E-state index contributed by atoms with van der Waals surface area (Å²) >= 11 is 0. The molecule has 0 unspecified atom stereocenters. The highest BCUT2D eigenvalue weighted by atomic mass is 16.5. The highest BCUT2D eigenvalue weighted by Crippen LogP contribution is 2.19. The van der Waals surface area contributed by atoms with Gasteiger partial charge in [0, 0.05) is 19.4 Å². The molecule has 2 aromatic rings. The molecule has 88 valence electrons. The van der Waals surface area contributed by atoms with E-state index in [0.29, 0.717) is 22.7 Å². The highest BCUT2D eigenvalue weighted by molar-refractivity contribution is 6.09. The van der Waals surface area contributed by atoms with Crippen molar-refractivity contribution in [2.24, 2.45) is 7.05 Å². The van der Waals surface area contributed by atoms with Gasteiger partial charge in [-0.2, -0.15) is 5.10 Å². The molecule has 2 heterocycles. The van der Waals surface area contributed by atoms with Crippen LogP contribution in [0.25, 0.3) is 0 Å². The van der Waals surface area contributed by atoms with Crippen LogP contribution in [0, 0.1) is 6.92 Å². The van der Waals surface area contributed by atoms with E-state index in [1.807, 2.05) is 0 Å². The van der Waals surface area contributed by atoms with Crippen LogP contribution in [0.3, 0.4) is 0 Å². The molecule has 0 bridgehead atoms. The molecule has 0 aliphatic heterocycles. The van der Waals surface area contributed by atoms with Crippen LogP contribution in [0.2, 0.25) is 0 Å². The van der Waals surface area contributed by atoms with Gasteiger partial charge in [-0.25, -0.2) is 4.98 Å². The number of ketones is 1. The molecule has 0 radical (unpaired) electrons. The number of carbonyl (C=O) groups excluding carboxylic acids is 1. The minimum Gasteiger partial charge on any atom is -0.494 e. The molecule has 0 amide bonds. The van der Waals surface area contributed by atoms with E-state index in [1.54, 1.807) is 43.2 Å². The Morgan fingerprint density at radius 3 is 2.82 bits per heavy atom. The molecule has 0 N–H and O–H groups in total. The van der Waals surface area contributed by atoms with E-state index in [2.05, 4.69) is 10.1 Å². The van der Waals surface area contributed by atoms with Crippen LogP contribution in [-0.2, 0) is 7.05 Å². The second kappa shape index (κ2) is 4.37. The van der Waals surface area contributed by atoms with Gasteiger partial charge in [0.25, 0.3) is 0 Å². The maximum atomic E-state index is 12.3. The fourth-order valence-electron chi connectivity index (χ4n) is 1.68. The Morgan fingerprint density at radius 1 is 1.47 bits per heavy atom. The first-order chi connectivity index (χ1) is 8.13. The van der Waals surface area contributed by atoms with Crippen molar-refractivity contribution in [3.63, 3.8) is 0 Å². The maximum absolute atomic E-state index is 12.3. The van der Waals surface area contributed by atoms with Crippen molar-refractivity contribution in [2.45, 2.75) is 6.92 Å². The lowest BCUT2D eigenvalue weighted by Gasteiger charge is -2.04. The summed E-state index contributed by atoms with van der Waals surface area (Å²) in [4.78, 5) is 16.3. The van der Waals surface area contributed by atoms with Gasteiger partial charge in [-0.3, -0.25) is 9.48 Å². The third-order valence-corrected chi connectivity index (χ3v) is 2.46. The van der Waals surface area contributed by atoms with Gasteiger partial charge in [0.15, 0.2) is 5.69 Å². The first-order valence-corrected chi connectivity index (χ1v) is 5.17. The van der Waals surface area contributed by atoms with Gasteiger partial charge >= 0.3 is 0 Å². The third kappa shape index (κ3) is 2.04. The Labute approximate surface area is 99.1 Å². The standard InChI is InChI=1S/C12H13N3O2/c1-8-9(7-15(2)14-8)12(16)11-10(17-3)5-4-6-13-11/h4-7H,1-3H3. The SMILES string of the molecule is COc1cccnc1C(=O)c1cn(C)nc1C. The van der Waals surface area contributed by atoms with Crippen molar-refractivity contribution in [2.75, 3.05) is 7.11 Å². The Kier molecular flexibility index (Phi) is 2.91. The van der Waals surface area contributed by atoms with Gasteiger partial charge in [0.1, 0.15) is 5.75 Å². The molecule has 0 atom stereocenters. The number of methoxy groups -OCH3 is 1. The molecule has 5 heteroatoms. The minimum absolute atomic E-state index is 0.173. The number of rotatable bonds is 3. The summed E-state index contributed by atoms with van der Waals surface area (Å²) in [7, 11) is 3.29. The lowest BCUT2D eigenvalue weighted by Crippen LogP contribution is -2.06. The average molecular weight is 231 g/mol. The fraction of sp³-hybridized carbons (Fsp3) is 0.250. The van der Waals surface area contributed by atoms with Crippen molar-refractivity contribution in [3.8, 4) is 5.75 Å². The highest BCUT2D eigenvalue weighted by Gasteiger charge is 2.19. The van der Waals surface area contributed by atoms with Gasteiger partial charge in [0.2, 0.25) is 5.78 Å². The Hall–Kier alpha value is -2.17. The monoisotopic (exact) mass is 231 g/mol. The predicted molar refractivity (Wildman–Crippen MR) is 62.2 cm³/mol. The van der Waals surface area contributed by atoms with E-state index in [4.69, 9.17) is 4.74 Å². The predicted octanol–water partition coefficient (Wildman–Crippen LogP) is 1.36. The molecule has 17 heavy (non-hydrogen) atoms. The first kappa shape index (κ1) is 11.3. The average Bonchev–Trinajstić information content (AvgIpc) is 2.67. The van der Waals surface area contributed by atoms with Crippen molar-refractivity contribution in [3.05, 3.63) is 41.5 Å². The van der Waals surface area contributed by atoms with Crippen molar-refractivity contribution < 1.29 is 9.53 Å². The summed E-state index contributed by atoms with van der Waals surface area (Å²) in [5.41, 5.74) is 1.54. The first-order valence-electron chi connectivity index (χ1n) is 5.17. The molecule has 2 aromatic heterocycles. The smallest absolute Gasteiger partial charge is 0.218 e. The molecular weight excluding hydrogens is 218 g/mol. The van der Waals surface area contributed by atoms with Gasteiger partial charge in [0.05, 0.1) is 18.4 Å². The molecule has 0 aromatic carbocycles. The van der Waals surface area contributed by atoms with Crippen LogP contribution >= 0.6 is 0 Å². The number of nitrogens with zero attached hydrogens (tertiary/aromatic N) is 3. The molecule has 5 nitrogen and oxygen atoms in total. The van der Waals surface area contributed by atoms with Crippen molar-refractivity contribution in [1.82, 2.24) is 14.8 Å². The number of hydrogen-bond acceptors (Lipinski definition) is 4. The third-order valence-electron chi connectivity index (χ3n) is 2.46. The molecule has 0 aliphatic rings. The molecule has 0 fully saturated rings. The summed E-state index contributed by atoms with van der Waals surface area (Å²) in [5, 5.41) is 4.14. The van der Waals surface area contributed by atoms with Crippen LogP contribution in [-0.4, -0.2) is 27.7 Å². The number of hydrogen-bond donors (Lipinski definition) is 0. The Bertz CT molecular complexity index is 561. The summed E-state index contributed by atoms with van der Waals surface area (Å²) in [6, 6.07) is 3.44. The second-order valence-electron chi connectivity index (χ2n) is 3.69. The number of aryl methyl sites for hydroxylation is 2. The summed E-state index contributed by atoms with van der Waals surface area (Å²) in [6.45, 7) is 1.79. The van der Waals surface area contributed by atoms with E-state index < -0.39 is 0 Å². The summed E-state index contributed by atoms with van der Waals surface area (Å²) < 4.78 is 6.73. The van der Waals surface area contributed by atoms with Gasteiger partial charge < -0.3 is 4.74 Å². The molecule has 0 saturated heterocycles. The Morgan fingerprint density at radius 2 is 2.24 bits per heavy atom. The minimum atomic E-state index is -0.173. The van der Waals surface area contributed by atoms with E-state index in [9.17, 15) is 4.79 Å². The summed E-state index contributed by atoms with van der Waals surface area (Å²) in [5.74, 6) is 0.300. The van der Waals surface area contributed by atoms with Crippen LogP contribution in [0.4, 0.5) is 0 Å². The Balaban J connectivity index is 2.47. The topological polar surface area (TPSA) is 57.0 Å². The van der Waals surface area contributed by atoms with E-state index in [1.165, 1.54) is 7.11 Å². The molecule has 2 rings (SSSR count). The van der Waals surface area contributed by atoms with Crippen LogP contribution < -0.4 is 4.74 Å². The second-order valence-corrected chi connectivity index (χ2v) is 3.69. The summed E-state index contributed by atoms with van der Waals surface area (Å²) in [6.07, 6.45) is 3.26.